The van der Waals surface area contributed by atoms with E-state index in [0.717, 1.165) is 17.9 Å². The zero-order chi connectivity index (χ0) is 8.67. The molecule has 1 N–H and O–H groups in total. The Labute approximate surface area is 83.2 Å². The molecule has 2 saturated carbocycles. The summed E-state index contributed by atoms with van der Waals surface area (Å²) in [7, 11) is 0. The summed E-state index contributed by atoms with van der Waals surface area (Å²) in [5, 5.41) is 8.03. The largest absolute Gasteiger partial charge is 0.381 e. The normalized spacial score (nSPS) is 36.8. The third-order valence-corrected chi connectivity index (χ3v) is 4.29. The van der Waals surface area contributed by atoms with Crippen LogP contribution in [-0.4, -0.2) is 6.04 Å². The topological polar surface area (TPSA) is 12.0 Å². The Kier molecular flexibility index (Phi) is 1.82. The average Bonchev–Trinajstić information content (AvgIpc) is 2.77. The van der Waals surface area contributed by atoms with Crippen LogP contribution in [0.15, 0.2) is 16.8 Å². The quantitative estimate of drug-likeness (QED) is 0.759. The lowest BCUT2D eigenvalue weighted by Gasteiger charge is -2.23. The van der Waals surface area contributed by atoms with Crippen LogP contribution in [-0.2, 0) is 0 Å². The molecule has 2 aliphatic carbocycles. The summed E-state index contributed by atoms with van der Waals surface area (Å²) >= 11 is 1.78. The molecule has 0 radical (unpaired) electrons. The first-order valence-electron chi connectivity index (χ1n) is 5.20. The molecule has 2 aliphatic rings. The average molecular weight is 193 g/mol. The second kappa shape index (κ2) is 3.02. The lowest BCUT2D eigenvalue weighted by Crippen LogP contribution is -2.25. The van der Waals surface area contributed by atoms with Crippen LogP contribution in [0.1, 0.15) is 25.7 Å². The van der Waals surface area contributed by atoms with E-state index < -0.39 is 0 Å². The van der Waals surface area contributed by atoms with E-state index in [1.807, 2.05) is 0 Å². The molecule has 0 aliphatic heterocycles. The highest BCUT2D eigenvalue weighted by Gasteiger charge is 2.39. The minimum absolute atomic E-state index is 0.786. The summed E-state index contributed by atoms with van der Waals surface area (Å²) in [5.41, 5.74) is 1.34. The molecule has 1 aromatic heterocycles. The zero-order valence-corrected chi connectivity index (χ0v) is 8.52. The minimum atomic E-state index is 0.786. The molecular weight excluding hydrogens is 178 g/mol. The van der Waals surface area contributed by atoms with Gasteiger partial charge in [0.2, 0.25) is 0 Å². The van der Waals surface area contributed by atoms with Crippen molar-refractivity contribution < 1.29 is 0 Å². The monoisotopic (exact) mass is 193 g/mol. The van der Waals surface area contributed by atoms with Crippen molar-refractivity contribution in [1.29, 1.82) is 0 Å². The highest BCUT2D eigenvalue weighted by molar-refractivity contribution is 7.08. The maximum atomic E-state index is 3.66. The van der Waals surface area contributed by atoms with Crippen molar-refractivity contribution in [2.45, 2.75) is 31.7 Å². The fourth-order valence-electron chi connectivity index (χ4n) is 2.98. The molecule has 70 valence electrons. The highest BCUT2D eigenvalue weighted by atomic mass is 32.1. The Morgan fingerprint density at radius 2 is 2.31 bits per heavy atom. The maximum Gasteiger partial charge on any atom is 0.0451 e. The SMILES string of the molecule is c1cc(NC2CC3CCC2C3)cs1. The van der Waals surface area contributed by atoms with Crippen molar-refractivity contribution >= 4 is 17.0 Å². The van der Waals surface area contributed by atoms with Crippen LogP contribution < -0.4 is 5.32 Å². The van der Waals surface area contributed by atoms with Gasteiger partial charge in [-0.05, 0) is 42.5 Å². The molecule has 0 saturated heterocycles. The zero-order valence-electron chi connectivity index (χ0n) is 7.70. The highest BCUT2D eigenvalue weighted by Crippen LogP contribution is 2.45. The van der Waals surface area contributed by atoms with Crippen LogP contribution >= 0.6 is 11.3 Å². The van der Waals surface area contributed by atoms with Crippen molar-refractivity contribution in [3.63, 3.8) is 0 Å². The van der Waals surface area contributed by atoms with Gasteiger partial charge in [-0.25, -0.2) is 0 Å². The van der Waals surface area contributed by atoms with E-state index >= 15 is 0 Å². The fraction of sp³-hybridized carbons (Fsp3) is 0.636. The second-order valence-electron chi connectivity index (χ2n) is 4.44. The molecule has 1 heterocycles. The van der Waals surface area contributed by atoms with Gasteiger partial charge in [-0.1, -0.05) is 6.42 Å². The van der Waals surface area contributed by atoms with E-state index in [9.17, 15) is 0 Å². The number of hydrogen-bond donors (Lipinski definition) is 1. The Bertz CT molecular complexity index is 280. The summed E-state index contributed by atoms with van der Waals surface area (Å²) in [5.74, 6) is 2.02. The van der Waals surface area contributed by atoms with E-state index in [1.165, 1.54) is 31.4 Å². The van der Waals surface area contributed by atoms with Gasteiger partial charge in [0.25, 0.3) is 0 Å². The molecule has 3 unspecified atom stereocenters. The predicted molar refractivity (Wildman–Crippen MR) is 57.2 cm³/mol. The summed E-state index contributed by atoms with van der Waals surface area (Å²) < 4.78 is 0. The number of thiophene rings is 1. The molecule has 2 fully saturated rings. The fourth-order valence-corrected chi connectivity index (χ4v) is 3.58. The second-order valence-corrected chi connectivity index (χ2v) is 5.22. The smallest absolute Gasteiger partial charge is 0.0451 e. The maximum absolute atomic E-state index is 3.66. The van der Waals surface area contributed by atoms with Crippen LogP contribution in [0.25, 0.3) is 0 Å². The number of fused-ring (bicyclic) bond motifs is 2. The van der Waals surface area contributed by atoms with Crippen molar-refractivity contribution in [2.75, 3.05) is 5.32 Å². The Balaban J connectivity index is 1.68. The standard InChI is InChI=1S/C11H15NS/c1-2-9-5-8(1)6-11(9)12-10-3-4-13-7-10/h3-4,7-9,11-12H,1-2,5-6H2. The van der Waals surface area contributed by atoms with Gasteiger partial charge in [-0.3, -0.25) is 0 Å². The first-order chi connectivity index (χ1) is 6.42. The molecule has 0 amide bonds. The summed E-state index contributed by atoms with van der Waals surface area (Å²) in [6.45, 7) is 0. The van der Waals surface area contributed by atoms with E-state index in [4.69, 9.17) is 0 Å². The lowest BCUT2D eigenvalue weighted by atomic mass is 9.95. The van der Waals surface area contributed by atoms with Crippen LogP contribution in [0.2, 0.25) is 0 Å². The van der Waals surface area contributed by atoms with Gasteiger partial charge in [0.15, 0.2) is 0 Å². The number of nitrogens with one attached hydrogen (secondary N) is 1. The van der Waals surface area contributed by atoms with Gasteiger partial charge in [-0.2, -0.15) is 11.3 Å². The Hall–Kier alpha value is -0.500. The van der Waals surface area contributed by atoms with E-state index in [-0.39, 0.29) is 0 Å². The lowest BCUT2D eigenvalue weighted by molar-refractivity contribution is 0.440. The van der Waals surface area contributed by atoms with Crippen LogP contribution in [0.4, 0.5) is 5.69 Å². The molecule has 1 nitrogen and oxygen atoms in total. The number of hydrogen-bond acceptors (Lipinski definition) is 2. The van der Waals surface area contributed by atoms with E-state index in [0.29, 0.717) is 0 Å². The van der Waals surface area contributed by atoms with Crippen molar-refractivity contribution in [3.05, 3.63) is 16.8 Å². The van der Waals surface area contributed by atoms with Gasteiger partial charge in [-0.15, -0.1) is 0 Å². The minimum Gasteiger partial charge on any atom is -0.381 e. The summed E-state index contributed by atoms with van der Waals surface area (Å²) in [6.07, 6.45) is 5.86. The third-order valence-electron chi connectivity index (χ3n) is 3.61. The predicted octanol–water partition coefficient (Wildman–Crippen LogP) is 3.35. The Morgan fingerprint density at radius 1 is 1.31 bits per heavy atom. The summed E-state index contributed by atoms with van der Waals surface area (Å²) in [4.78, 5) is 0. The molecule has 13 heavy (non-hydrogen) atoms. The van der Waals surface area contributed by atoms with Crippen molar-refractivity contribution in [3.8, 4) is 0 Å². The molecular formula is C11H15NS. The Morgan fingerprint density at radius 3 is 2.92 bits per heavy atom. The van der Waals surface area contributed by atoms with Crippen molar-refractivity contribution in [2.24, 2.45) is 11.8 Å². The van der Waals surface area contributed by atoms with Gasteiger partial charge >= 0.3 is 0 Å². The van der Waals surface area contributed by atoms with E-state index in [2.05, 4.69) is 22.1 Å². The van der Waals surface area contributed by atoms with Gasteiger partial charge in [0.1, 0.15) is 0 Å². The number of anilines is 1. The van der Waals surface area contributed by atoms with Gasteiger partial charge in [0, 0.05) is 17.1 Å². The van der Waals surface area contributed by atoms with Crippen LogP contribution in [0.3, 0.4) is 0 Å². The first-order valence-corrected chi connectivity index (χ1v) is 6.15. The molecule has 0 aromatic carbocycles. The molecule has 2 bridgehead atoms. The molecule has 0 spiro atoms. The molecule has 3 rings (SSSR count). The van der Waals surface area contributed by atoms with Crippen LogP contribution in [0.5, 0.6) is 0 Å². The number of rotatable bonds is 2. The molecule has 2 heteroatoms. The van der Waals surface area contributed by atoms with E-state index in [1.54, 1.807) is 11.3 Å². The van der Waals surface area contributed by atoms with Crippen LogP contribution in [0, 0.1) is 11.8 Å². The van der Waals surface area contributed by atoms with Gasteiger partial charge < -0.3 is 5.32 Å². The molecule has 3 atom stereocenters. The first kappa shape index (κ1) is 7.86. The third kappa shape index (κ3) is 1.37. The van der Waals surface area contributed by atoms with Crippen molar-refractivity contribution in [1.82, 2.24) is 0 Å². The molecule has 1 aromatic rings. The summed E-state index contributed by atoms with van der Waals surface area (Å²) in [6, 6.07) is 2.98. The van der Waals surface area contributed by atoms with Gasteiger partial charge in [0.05, 0.1) is 0 Å².